The van der Waals surface area contributed by atoms with Crippen molar-refractivity contribution in [1.29, 1.82) is 0 Å². The third-order valence-electron chi connectivity index (χ3n) is 4.95. The van der Waals surface area contributed by atoms with Gasteiger partial charge in [-0.25, -0.2) is 0 Å². The highest BCUT2D eigenvalue weighted by Crippen LogP contribution is 2.28. The maximum Gasteiger partial charge on any atom is 0.0807 e. The van der Waals surface area contributed by atoms with Crippen molar-refractivity contribution in [1.82, 2.24) is 9.88 Å². The number of piperidine rings is 1. The fourth-order valence-electron chi connectivity index (χ4n) is 3.51. The number of hydrogen-bond donors (Lipinski definition) is 1. The molecular weight excluding hydrogens is 262 g/mol. The van der Waals surface area contributed by atoms with Crippen LogP contribution in [0.25, 0.3) is 0 Å². The number of aromatic nitrogens is 1. The van der Waals surface area contributed by atoms with E-state index in [4.69, 9.17) is 0 Å². The summed E-state index contributed by atoms with van der Waals surface area (Å²) in [6.07, 6.45) is 7.26. The zero-order valence-electron chi connectivity index (χ0n) is 13.1. The number of aryl methyl sites for hydroxylation is 1. The Kier molecular flexibility index (Phi) is 4.45. The van der Waals surface area contributed by atoms with E-state index in [2.05, 4.69) is 33.8 Å². The Morgan fingerprint density at radius 1 is 1.14 bits per heavy atom. The van der Waals surface area contributed by atoms with Crippen molar-refractivity contribution in [3.8, 4) is 0 Å². The number of rotatable bonds is 4. The Hall–Kier alpha value is -1.13. The van der Waals surface area contributed by atoms with Crippen molar-refractivity contribution in [2.75, 3.05) is 37.6 Å². The molecule has 4 nitrogen and oxygen atoms in total. The minimum absolute atomic E-state index is 0.488. The first-order chi connectivity index (χ1) is 10.2. The van der Waals surface area contributed by atoms with Crippen LogP contribution in [0, 0.1) is 0 Å². The number of nitrogens with zero attached hydrogens (tertiary/aromatic N) is 3. The Balaban J connectivity index is 1.55. The van der Waals surface area contributed by atoms with Crippen LogP contribution in [0.2, 0.25) is 0 Å². The first-order valence-electron chi connectivity index (χ1n) is 8.33. The SMILES string of the molecule is CCc1ccc(N2CCC(O)(CN3CCCC3)CC2)cn1. The second-order valence-corrected chi connectivity index (χ2v) is 6.56. The molecule has 1 N–H and O–H groups in total. The van der Waals surface area contributed by atoms with Crippen molar-refractivity contribution in [2.45, 2.75) is 44.6 Å². The average molecular weight is 289 g/mol. The van der Waals surface area contributed by atoms with E-state index in [9.17, 15) is 5.11 Å². The van der Waals surface area contributed by atoms with Crippen LogP contribution < -0.4 is 4.90 Å². The number of anilines is 1. The highest BCUT2D eigenvalue weighted by Gasteiger charge is 2.34. The van der Waals surface area contributed by atoms with Gasteiger partial charge in [-0.2, -0.15) is 0 Å². The lowest BCUT2D eigenvalue weighted by atomic mass is 9.90. The number of hydrogen-bond acceptors (Lipinski definition) is 4. The van der Waals surface area contributed by atoms with Gasteiger partial charge in [0, 0.05) is 25.3 Å². The van der Waals surface area contributed by atoms with E-state index in [1.807, 2.05) is 6.20 Å². The molecule has 0 radical (unpaired) electrons. The van der Waals surface area contributed by atoms with Crippen LogP contribution in [0.4, 0.5) is 5.69 Å². The third kappa shape index (κ3) is 3.55. The van der Waals surface area contributed by atoms with Gasteiger partial charge in [0.2, 0.25) is 0 Å². The summed E-state index contributed by atoms with van der Waals surface area (Å²) in [5.41, 5.74) is 1.84. The van der Waals surface area contributed by atoms with Crippen LogP contribution in [0.5, 0.6) is 0 Å². The number of likely N-dealkylation sites (tertiary alicyclic amines) is 1. The molecule has 1 aromatic rings. The molecule has 3 heterocycles. The van der Waals surface area contributed by atoms with Crippen LogP contribution in [0.3, 0.4) is 0 Å². The lowest BCUT2D eigenvalue weighted by Gasteiger charge is -2.41. The van der Waals surface area contributed by atoms with Crippen molar-refractivity contribution in [2.24, 2.45) is 0 Å². The molecule has 0 aromatic carbocycles. The standard InChI is InChI=1S/C17H27N3O/c1-2-15-5-6-16(13-18-15)20-11-7-17(21,8-12-20)14-19-9-3-4-10-19/h5-6,13,21H,2-4,7-12,14H2,1H3. The number of pyridine rings is 1. The maximum atomic E-state index is 10.8. The summed E-state index contributed by atoms with van der Waals surface area (Å²) in [4.78, 5) is 9.26. The van der Waals surface area contributed by atoms with Gasteiger partial charge in [-0.3, -0.25) is 4.98 Å². The van der Waals surface area contributed by atoms with E-state index in [1.165, 1.54) is 18.5 Å². The minimum Gasteiger partial charge on any atom is -0.388 e. The van der Waals surface area contributed by atoms with Crippen molar-refractivity contribution >= 4 is 5.69 Å². The van der Waals surface area contributed by atoms with Crippen LogP contribution in [0.15, 0.2) is 18.3 Å². The molecule has 0 aliphatic carbocycles. The fourth-order valence-corrected chi connectivity index (χ4v) is 3.51. The van der Waals surface area contributed by atoms with Crippen molar-refractivity contribution in [3.05, 3.63) is 24.0 Å². The monoisotopic (exact) mass is 289 g/mol. The molecule has 0 amide bonds. The van der Waals surface area contributed by atoms with E-state index in [1.54, 1.807) is 0 Å². The smallest absolute Gasteiger partial charge is 0.0807 e. The molecule has 3 rings (SSSR count). The van der Waals surface area contributed by atoms with Gasteiger partial charge in [0.05, 0.1) is 17.5 Å². The molecule has 1 aromatic heterocycles. The molecule has 0 unspecified atom stereocenters. The van der Waals surface area contributed by atoms with E-state index in [-0.39, 0.29) is 0 Å². The lowest BCUT2D eigenvalue weighted by Crippen LogP contribution is -2.50. The quantitative estimate of drug-likeness (QED) is 0.921. The molecule has 0 atom stereocenters. The van der Waals surface area contributed by atoms with Gasteiger partial charge < -0.3 is 14.9 Å². The maximum absolute atomic E-state index is 10.8. The van der Waals surface area contributed by atoms with Crippen LogP contribution >= 0.6 is 0 Å². The van der Waals surface area contributed by atoms with E-state index >= 15 is 0 Å². The zero-order chi connectivity index (χ0) is 14.7. The number of aliphatic hydroxyl groups is 1. The molecule has 116 valence electrons. The summed E-state index contributed by atoms with van der Waals surface area (Å²) < 4.78 is 0. The highest BCUT2D eigenvalue weighted by molar-refractivity contribution is 5.45. The van der Waals surface area contributed by atoms with Gasteiger partial charge in [-0.1, -0.05) is 6.92 Å². The average Bonchev–Trinajstić information content (AvgIpc) is 3.00. The Morgan fingerprint density at radius 3 is 2.43 bits per heavy atom. The molecule has 0 bridgehead atoms. The second kappa shape index (κ2) is 6.32. The van der Waals surface area contributed by atoms with Crippen LogP contribution in [-0.4, -0.2) is 53.3 Å². The van der Waals surface area contributed by atoms with E-state index in [0.717, 1.165) is 57.7 Å². The molecule has 2 aliphatic rings. The number of β-amino-alcohol motifs (C(OH)–C–C–N with tert-alkyl or cyclic N) is 1. The van der Waals surface area contributed by atoms with Gasteiger partial charge in [0.15, 0.2) is 0 Å². The molecule has 21 heavy (non-hydrogen) atoms. The minimum atomic E-state index is -0.488. The summed E-state index contributed by atoms with van der Waals surface area (Å²) in [5.74, 6) is 0. The molecule has 2 fully saturated rings. The van der Waals surface area contributed by atoms with Crippen LogP contribution in [0.1, 0.15) is 38.3 Å². The van der Waals surface area contributed by atoms with Gasteiger partial charge in [-0.15, -0.1) is 0 Å². The lowest BCUT2D eigenvalue weighted by molar-refractivity contribution is -0.0111. The van der Waals surface area contributed by atoms with E-state index in [0.29, 0.717) is 0 Å². The van der Waals surface area contributed by atoms with E-state index < -0.39 is 5.60 Å². The normalized spacial score (nSPS) is 22.7. The van der Waals surface area contributed by atoms with Gasteiger partial charge in [0.25, 0.3) is 0 Å². The first-order valence-corrected chi connectivity index (χ1v) is 8.33. The predicted octanol–water partition coefficient (Wildman–Crippen LogP) is 2.07. The molecule has 0 saturated carbocycles. The summed E-state index contributed by atoms with van der Waals surface area (Å²) in [6.45, 7) is 7.16. The van der Waals surface area contributed by atoms with Gasteiger partial charge in [0.1, 0.15) is 0 Å². The Labute approximate surface area is 127 Å². The topological polar surface area (TPSA) is 39.6 Å². The Bertz CT molecular complexity index is 446. The summed E-state index contributed by atoms with van der Waals surface area (Å²) in [7, 11) is 0. The molecule has 4 heteroatoms. The summed E-state index contributed by atoms with van der Waals surface area (Å²) in [5, 5.41) is 10.8. The van der Waals surface area contributed by atoms with Crippen molar-refractivity contribution in [3.63, 3.8) is 0 Å². The van der Waals surface area contributed by atoms with Gasteiger partial charge >= 0.3 is 0 Å². The zero-order valence-corrected chi connectivity index (χ0v) is 13.1. The third-order valence-corrected chi connectivity index (χ3v) is 4.95. The fraction of sp³-hybridized carbons (Fsp3) is 0.706. The molecular formula is C17H27N3O. The van der Waals surface area contributed by atoms with Crippen molar-refractivity contribution < 1.29 is 5.11 Å². The van der Waals surface area contributed by atoms with Crippen LogP contribution in [-0.2, 0) is 6.42 Å². The largest absolute Gasteiger partial charge is 0.388 e. The van der Waals surface area contributed by atoms with Gasteiger partial charge in [-0.05, 0) is 57.3 Å². The summed E-state index contributed by atoms with van der Waals surface area (Å²) in [6, 6.07) is 4.27. The first kappa shape index (κ1) is 14.8. The summed E-state index contributed by atoms with van der Waals surface area (Å²) >= 11 is 0. The molecule has 0 spiro atoms. The Morgan fingerprint density at radius 2 is 1.86 bits per heavy atom. The predicted molar refractivity (Wildman–Crippen MR) is 85.7 cm³/mol. The highest BCUT2D eigenvalue weighted by atomic mass is 16.3. The molecule has 2 saturated heterocycles. The molecule has 2 aliphatic heterocycles. The second-order valence-electron chi connectivity index (χ2n) is 6.56.